The van der Waals surface area contributed by atoms with Crippen LogP contribution < -0.4 is 5.32 Å². The van der Waals surface area contributed by atoms with E-state index in [1.54, 1.807) is 25.1 Å². The Morgan fingerprint density at radius 3 is 2.59 bits per heavy atom. The zero-order valence-electron chi connectivity index (χ0n) is 11.6. The van der Waals surface area contributed by atoms with Gasteiger partial charge in [-0.2, -0.15) is 0 Å². The summed E-state index contributed by atoms with van der Waals surface area (Å²) in [5.74, 6) is -0.971. The Kier molecular flexibility index (Phi) is 5.83. The van der Waals surface area contributed by atoms with Crippen molar-refractivity contribution < 1.29 is 14.3 Å². The molecule has 2 rings (SSSR count). The average molecular weight is 358 g/mol. The van der Waals surface area contributed by atoms with Gasteiger partial charge in [0.2, 0.25) is 0 Å². The number of ether oxygens (including phenoxy) is 1. The second-order valence-corrected chi connectivity index (χ2v) is 6.61. The van der Waals surface area contributed by atoms with E-state index in [0.717, 1.165) is 16.9 Å². The number of nitrogens with one attached hydrogen (secondary N) is 1. The van der Waals surface area contributed by atoms with Crippen LogP contribution in [0.3, 0.4) is 0 Å². The molecule has 0 radical (unpaired) electrons. The molecule has 22 heavy (non-hydrogen) atoms. The molecule has 116 valence electrons. The van der Waals surface area contributed by atoms with Crippen molar-refractivity contribution in [3.05, 3.63) is 56.2 Å². The van der Waals surface area contributed by atoms with Crippen LogP contribution in [0.15, 0.2) is 36.4 Å². The summed E-state index contributed by atoms with van der Waals surface area (Å²) in [6.45, 7) is 1.45. The number of carbonyl (C=O) groups excluding carboxylic acids is 2. The first-order valence-corrected chi connectivity index (χ1v) is 8.01. The Balaban J connectivity index is 1.85. The highest BCUT2D eigenvalue weighted by atomic mass is 35.5. The van der Waals surface area contributed by atoms with E-state index in [-0.39, 0.29) is 12.6 Å². The lowest BCUT2D eigenvalue weighted by atomic mass is 10.1. The molecule has 1 aromatic heterocycles. The van der Waals surface area contributed by atoms with Crippen molar-refractivity contribution in [1.82, 2.24) is 5.32 Å². The molecule has 0 aliphatic rings. The van der Waals surface area contributed by atoms with Crippen LogP contribution in [0, 0.1) is 0 Å². The molecule has 2 aromatic rings. The first kappa shape index (κ1) is 16.8. The van der Waals surface area contributed by atoms with E-state index in [2.05, 4.69) is 5.32 Å². The molecule has 1 aromatic carbocycles. The number of carbonyl (C=O) groups is 2. The first-order valence-electron chi connectivity index (χ1n) is 6.43. The largest absolute Gasteiger partial charge is 0.451 e. The minimum Gasteiger partial charge on any atom is -0.451 e. The van der Waals surface area contributed by atoms with Gasteiger partial charge in [0.15, 0.2) is 6.61 Å². The lowest BCUT2D eigenvalue weighted by Crippen LogP contribution is -2.31. The van der Waals surface area contributed by atoms with Gasteiger partial charge in [-0.1, -0.05) is 41.4 Å². The van der Waals surface area contributed by atoms with Gasteiger partial charge < -0.3 is 10.1 Å². The van der Waals surface area contributed by atoms with Gasteiger partial charge in [-0.15, -0.1) is 11.3 Å². The molecule has 1 N–H and O–H groups in total. The molecular formula is C15H13Cl2NO3S. The maximum atomic E-state index is 11.8. The molecule has 0 fully saturated rings. The van der Waals surface area contributed by atoms with Crippen LogP contribution in [0.5, 0.6) is 0 Å². The molecule has 4 nitrogen and oxygen atoms in total. The quantitative estimate of drug-likeness (QED) is 0.819. The zero-order valence-corrected chi connectivity index (χ0v) is 14.0. The van der Waals surface area contributed by atoms with Crippen LogP contribution in [0.25, 0.3) is 0 Å². The second-order valence-electron chi connectivity index (χ2n) is 4.49. The highest BCUT2D eigenvalue weighted by Crippen LogP contribution is 2.23. The number of esters is 1. The summed E-state index contributed by atoms with van der Waals surface area (Å²) in [4.78, 5) is 23.9. The van der Waals surface area contributed by atoms with Crippen LogP contribution >= 0.6 is 34.5 Å². The molecule has 0 unspecified atom stereocenters. The number of rotatable bonds is 5. The lowest BCUT2D eigenvalue weighted by molar-refractivity contribution is -0.124. The monoisotopic (exact) mass is 357 g/mol. The zero-order chi connectivity index (χ0) is 16.1. The topological polar surface area (TPSA) is 55.4 Å². The summed E-state index contributed by atoms with van der Waals surface area (Å²) in [7, 11) is 0. The maximum Gasteiger partial charge on any atom is 0.348 e. The fraction of sp³-hybridized carbons (Fsp3) is 0.200. The summed E-state index contributed by atoms with van der Waals surface area (Å²) in [5.41, 5.74) is 0.800. The normalized spacial score (nSPS) is 11.8. The van der Waals surface area contributed by atoms with Crippen LogP contribution in [0.4, 0.5) is 0 Å². The number of hydrogen-bond acceptors (Lipinski definition) is 4. The predicted molar refractivity (Wildman–Crippen MR) is 87.6 cm³/mol. The third-order valence-electron chi connectivity index (χ3n) is 2.86. The predicted octanol–water partition coefficient (Wildman–Crippen LogP) is 4.09. The summed E-state index contributed by atoms with van der Waals surface area (Å²) in [6.07, 6.45) is 0. The molecule has 7 heteroatoms. The molecule has 0 saturated carbocycles. The molecule has 0 aliphatic carbocycles. The van der Waals surface area contributed by atoms with Crippen molar-refractivity contribution in [2.24, 2.45) is 0 Å². The Morgan fingerprint density at radius 2 is 1.95 bits per heavy atom. The average Bonchev–Trinajstić information content (AvgIpc) is 2.91. The van der Waals surface area contributed by atoms with Gasteiger partial charge in [-0.3, -0.25) is 4.79 Å². The Bertz CT molecular complexity index is 687. The van der Waals surface area contributed by atoms with Crippen molar-refractivity contribution in [2.45, 2.75) is 13.0 Å². The Morgan fingerprint density at radius 1 is 1.23 bits per heavy atom. The minimum atomic E-state index is -0.572. The van der Waals surface area contributed by atoms with Gasteiger partial charge >= 0.3 is 5.97 Å². The van der Waals surface area contributed by atoms with E-state index in [9.17, 15) is 9.59 Å². The van der Waals surface area contributed by atoms with E-state index in [1.165, 1.54) is 0 Å². The van der Waals surface area contributed by atoms with Crippen LogP contribution in [0.1, 0.15) is 28.2 Å². The number of benzene rings is 1. The van der Waals surface area contributed by atoms with Gasteiger partial charge in [-0.25, -0.2) is 4.79 Å². The summed E-state index contributed by atoms with van der Waals surface area (Å²) < 4.78 is 5.43. The highest BCUT2D eigenvalue weighted by molar-refractivity contribution is 7.17. The molecular weight excluding hydrogens is 345 g/mol. The molecule has 0 aliphatic heterocycles. The number of amides is 1. The number of hydrogen-bond donors (Lipinski definition) is 1. The van der Waals surface area contributed by atoms with Gasteiger partial charge in [0, 0.05) is 5.02 Å². The fourth-order valence-corrected chi connectivity index (χ4v) is 3.05. The summed E-state index contributed by atoms with van der Waals surface area (Å²) >= 11 is 12.9. The summed E-state index contributed by atoms with van der Waals surface area (Å²) in [5, 5.41) is 3.30. The van der Waals surface area contributed by atoms with Crippen LogP contribution in [-0.2, 0) is 9.53 Å². The van der Waals surface area contributed by atoms with Gasteiger partial charge in [0.25, 0.3) is 5.91 Å². The van der Waals surface area contributed by atoms with E-state index in [4.69, 9.17) is 27.9 Å². The van der Waals surface area contributed by atoms with E-state index < -0.39 is 11.9 Å². The van der Waals surface area contributed by atoms with Gasteiger partial charge in [0.05, 0.1) is 10.4 Å². The smallest absolute Gasteiger partial charge is 0.348 e. The summed E-state index contributed by atoms with van der Waals surface area (Å²) in [6, 6.07) is 10.1. The van der Waals surface area contributed by atoms with Crippen LogP contribution in [0.2, 0.25) is 9.36 Å². The van der Waals surface area contributed by atoms with Crippen molar-refractivity contribution in [2.75, 3.05) is 6.61 Å². The first-order chi connectivity index (χ1) is 10.5. The minimum absolute atomic E-state index is 0.281. The van der Waals surface area contributed by atoms with Crippen molar-refractivity contribution in [3.8, 4) is 0 Å². The standard InChI is InChI=1S/C15H13Cl2NO3S/c1-9(10-4-2-3-5-11(10)16)18-14(19)8-21-15(20)12-6-7-13(17)22-12/h2-7,9H,8H2,1H3,(H,18,19)/t9-/m0/s1. The Hall–Kier alpha value is -1.56. The Labute approximate surface area is 142 Å². The third-order valence-corrected chi connectivity index (χ3v) is 4.41. The van der Waals surface area contributed by atoms with E-state index in [1.807, 2.05) is 18.2 Å². The molecule has 1 heterocycles. The SMILES string of the molecule is C[C@H](NC(=O)COC(=O)c1ccc(Cl)s1)c1ccccc1Cl. The maximum absolute atomic E-state index is 11.8. The highest BCUT2D eigenvalue weighted by Gasteiger charge is 2.15. The van der Waals surface area contributed by atoms with Crippen molar-refractivity contribution in [1.29, 1.82) is 0 Å². The van der Waals surface area contributed by atoms with E-state index >= 15 is 0 Å². The van der Waals surface area contributed by atoms with Gasteiger partial charge in [0.1, 0.15) is 4.88 Å². The number of halogens is 2. The van der Waals surface area contributed by atoms with Crippen LogP contribution in [-0.4, -0.2) is 18.5 Å². The van der Waals surface area contributed by atoms with E-state index in [0.29, 0.717) is 14.2 Å². The lowest BCUT2D eigenvalue weighted by Gasteiger charge is -2.15. The van der Waals surface area contributed by atoms with Crippen molar-refractivity contribution in [3.63, 3.8) is 0 Å². The molecule has 0 saturated heterocycles. The van der Waals surface area contributed by atoms with Crippen molar-refractivity contribution >= 4 is 46.4 Å². The molecule has 1 amide bonds. The second kappa shape index (κ2) is 7.63. The molecule has 1 atom stereocenters. The molecule has 0 spiro atoms. The van der Waals surface area contributed by atoms with Gasteiger partial charge in [-0.05, 0) is 30.7 Å². The fourth-order valence-electron chi connectivity index (χ4n) is 1.81. The number of thiophene rings is 1. The molecule has 0 bridgehead atoms. The third kappa shape index (κ3) is 4.47.